The fraction of sp³-hybridized carbons (Fsp3) is 0.235. The van der Waals surface area contributed by atoms with Crippen molar-refractivity contribution < 1.29 is 19.4 Å². The number of aromatic amines is 1. The van der Waals surface area contributed by atoms with Crippen LogP contribution in [0.5, 0.6) is 0 Å². The van der Waals surface area contributed by atoms with E-state index in [0.29, 0.717) is 36.4 Å². The molecule has 1 aliphatic rings. The number of ether oxygens (including phenoxy) is 1. The fourth-order valence-corrected chi connectivity index (χ4v) is 4.20. The van der Waals surface area contributed by atoms with Crippen LogP contribution in [0.4, 0.5) is 4.79 Å². The van der Waals surface area contributed by atoms with Gasteiger partial charge >= 0.3 is 12.1 Å². The van der Waals surface area contributed by atoms with Crippen LogP contribution in [0.15, 0.2) is 24.3 Å². The number of fused-ring (bicyclic) bond motifs is 2. The number of imidazole rings is 1. The Morgan fingerprint density at radius 1 is 1.40 bits per heavy atom. The largest absolute Gasteiger partial charge is 0.465 e. The predicted octanol–water partition coefficient (Wildman–Crippen LogP) is 3.11. The Morgan fingerprint density at radius 2 is 2.24 bits per heavy atom. The molecular weight excluding hydrogens is 342 g/mol. The summed E-state index contributed by atoms with van der Waals surface area (Å²) in [6.45, 7) is 0.911. The van der Waals surface area contributed by atoms with E-state index >= 15 is 0 Å². The number of para-hydroxylation sites is 1. The van der Waals surface area contributed by atoms with Gasteiger partial charge < -0.3 is 19.7 Å². The number of nitrogens with one attached hydrogen (secondary N) is 1. The standard InChI is InChI=1S/C17H15N3O4S/c1-24-16(21)10-3-2-4-11-14(10)19-15(18-11)12-7-9-5-6-20(17(22)23)8-13(9)25-12/h2-4,7H,5-6,8H2,1H3,(H,18,19)(H,22,23). The van der Waals surface area contributed by atoms with Crippen LogP contribution in [0.2, 0.25) is 0 Å². The number of nitrogens with zero attached hydrogens (tertiary/aromatic N) is 2. The molecule has 8 heteroatoms. The third-order valence-electron chi connectivity index (χ3n) is 4.30. The van der Waals surface area contributed by atoms with Crippen LogP contribution in [0.25, 0.3) is 21.7 Å². The Morgan fingerprint density at radius 3 is 3.00 bits per heavy atom. The van der Waals surface area contributed by atoms with Gasteiger partial charge in [-0.25, -0.2) is 14.6 Å². The number of carbonyl (C=O) groups is 2. The molecule has 128 valence electrons. The molecule has 4 rings (SSSR count). The average molecular weight is 357 g/mol. The Labute approximate surface area is 146 Å². The van der Waals surface area contributed by atoms with Crippen LogP contribution in [0, 0.1) is 0 Å². The molecule has 1 aromatic carbocycles. The number of rotatable bonds is 2. The lowest BCUT2D eigenvalue weighted by Gasteiger charge is -2.23. The molecule has 0 unspecified atom stereocenters. The molecule has 0 saturated heterocycles. The fourth-order valence-electron chi connectivity index (χ4n) is 3.02. The molecule has 0 fully saturated rings. The summed E-state index contributed by atoms with van der Waals surface area (Å²) in [7, 11) is 1.34. The zero-order chi connectivity index (χ0) is 17.6. The van der Waals surface area contributed by atoms with Gasteiger partial charge in [-0.3, -0.25) is 0 Å². The third kappa shape index (κ3) is 2.64. The van der Waals surface area contributed by atoms with E-state index in [0.717, 1.165) is 20.8 Å². The number of H-pyrrole nitrogens is 1. The van der Waals surface area contributed by atoms with Crippen molar-refractivity contribution >= 4 is 34.4 Å². The number of thiophene rings is 1. The van der Waals surface area contributed by atoms with E-state index < -0.39 is 12.1 Å². The molecule has 2 aromatic heterocycles. The second kappa shape index (κ2) is 5.89. The number of benzene rings is 1. The number of aromatic nitrogens is 2. The minimum absolute atomic E-state index is 0.406. The van der Waals surface area contributed by atoms with Crippen molar-refractivity contribution in [2.45, 2.75) is 13.0 Å². The van der Waals surface area contributed by atoms with Gasteiger partial charge in [0.2, 0.25) is 0 Å². The van der Waals surface area contributed by atoms with Crippen LogP contribution in [-0.4, -0.2) is 45.7 Å². The third-order valence-corrected chi connectivity index (χ3v) is 5.47. The predicted molar refractivity (Wildman–Crippen MR) is 92.9 cm³/mol. The normalized spacial score (nSPS) is 13.7. The first kappa shape index (κ1) is 15.6. The Kier molecular flexibility index (Phi) is 3.69. The smallest absolute Gasteiger partial charge is 0.407 e. The van der Waals surface area contributed by atoms with E-state index in [1.807, 2.05) is 6.07 Å². The summed E-state index contributed by atoms with van der Waals surface area (Å²) in [4.78, 5) is 34.3. The van der Waals surface area contributed by atoms with Gasteiger partial charge in [-0.05, 0) is 30.2 Å². The topological polar surface area (TPSA) is 95.5 Å². The molecule has 0 saturated carbocycles. The molecule has 2 N–H and O–H groups in total. The van der Waals surface area contributed by atoms with E-state index in [1.54, 1.807) is 12.1 Å². The van der Waals surface area contributed by atoms with Crippen LogP contribution >= 0.6 is 11.3 Å². The van der Waals surface area contributed by atoms with Crippen molar-refractivity contribution in [1.29, 1.82) is 0 Å². The molecule has 0 bridgehead atoms. The molecule has 3 heterocycles. The van der Waals surface area contributed by atoms with E-state index in [2.05, 4.69) is 16.0 Å². The van der Waals surface area contributed by atoms with Crippen LogP contribution in [0.1, 0.15) is 20.8 Å². The molecule has 1 amide bonds. The van der Waals surface area contributed by atoms with Gasteiger partial charge in [0.05, 0.1) is 29.6 Å². The van der Waals surface area contributed by atoms with E-state index in [1.165, 1.54) is 23.3 Å². The number of carboxylic acid groups (broad SMARTS) is 1. The molecule has 1 aliphatic heterocycles. The number of esters is 1. The van der Waals surface area contributed by atoms with Gasteiger partial charge in [0.1, 0.15) is 11.3 Å². The van der Waals surface area contributed by atoms with E-state index in [4.69, 9.17) is 9.84 Å². The van der Waals surface area contributed by atoms with Gasteiger partial charge in [0, 0.05) is 11.4 Å². The number of carbonyl (C=O) groups excluding carboxylic acids is 1. The minimum Gasteiger partial charge on any atom is -0.465 e. The second-order valence-electron chi connectivity index (χ2n) is 5.79. The van der Waals surface area contributed by atoms with Crippen molar-refractivity contribution in [3.8, 4) is 10.7 Å². The summed E-state index contributed by atoms with van der Waals surface area (Å²) in [6.07, 6.45) is -0.196. The highest BCUT2D eigenvalue weighted by Crippen LogP contribution is 2.34. The monoisotopic (exact) mass is 357 g/mol. The van der Waals surface area contributed by atoms with Crippen LogP contribution in [0.3, 0.4) is 0 Å². The molecule has 0 aliphatic carbocycles. The highest BCUT2D eigenvalue weighted by molar-refractivity contribution is 7.15. The summed E-state index contributed by atoms with van der Waals surface area (Å²) in [6, 6.07) is 7.37. The first-order valence-corrected chi connectivity index (χ1v) is 8.55. The Bertz CT molecular complexity index is 991. The SMILES string of the molecule is COC(=O)c1cccc2[nH]c(-c3cc4c(s3)CN(C(=O)O)CC4)nc12. The van der Waals surface area contributed by atoms with Crippen molar-refractivity contribution in [2.24, 2.45) is 0 Å². The quantitative estimate of drug-likeness (QED) is 0.687. The molecule has 0 radical (unpaired) electrons. The number of methoxy groups -OCH3 is 1. The summed E-state index contributed by atoms with van der Waals surface area (Å²) in [5, 5.41) is 9.16. The first-order chi connectivity index (χ1) is 12.1. The molecule has 3 aromatic rings. The number of hydrogen-bond acceptors (Lipinski definition) is 5. The second-order valence-corrected chi connectivity index (χ2v) is 6.93. The number of hydrogen-bond donors (Lipinski definition) is 2. The van der Waals surface area contributed by atoms with Crippen molar-refractivity contribution in [3.05, 3.63) is 40.3 Å². The summed E-state index contributed by atoms with van der Waals surface area (Å²) in [5.74, 6) is 0.249. The van der Waals surface area contributed by atoms with Gasteiger partial charge in [0.25, 0.3) is 0 Å². The zero-order valence-corrected chi connectivity index (χ0v) is 14.2. The number of amides is 1. The van der Waals surface area contributed by atoms with Crippen molar-refractivity contribution in [1.82, 2.24) is 14.9 Å². The first-order valence-electron chi connectivity index (χ1n) is 7.73. The maximum absolute atomic E-state index is 11.9. The van der Waals surface area contributed by atoms with E-state index in [9.17, 15) is 9.59 Å². The summed E-state index contributed by atoms with van der Waals surface area (Å²) >= 11 is 1.53. The van der Waals surface area contributed by atoms with Crippen LogP contribution in [-0.2, 0) is 17.7 Å². The van der Waals surface area contributed by atoms with Gasteiger partial charge in [-0.2, -0.15) is 0 Å². The van der Waals surface area contributed by atoms with Crippen LogP contribution < -0.4 is 0 Å². The van der Waals surface area contributed by atoms with Crippen molar-refractivity contribution in [3.63, 3.8) is 0 Å². The minimum atomic E-state index is -0.896. The molecular formula is C17H15N3O4S. The molecule has 25 heavy (non-hydrogen) atoms. The lowest BCUT2D eigenvalue weighted by molar-refractivity contribution is 0.0602. The average Bonchev–Trinajstić information content (AvgIpc) is 3.23. The lowest BCUT2D eigenvalue weighted by atomic mass is 10.1. The van der Waals surface area contributed by atoms with E-state index in [-0.39, 0.29) is 0 Å². The zero-order valence-electron chi connectivity index (χ0n) is 13.4. The van der Waals surface area contributed by atoms with Gasteiger partial charge in [-0.1, -0.05) is 6.07 Å². The molecule has 7 nitrogen and oxygen atoms in total. The highest BCUT2D eigenvalue weighted by atomic mass is 32.1. The highest BCUT2D eigenvalue weighted by Gasteiger charge is 2.24. The molecule has 0 atom stereocenters. The maximum Gasteiger partial charge on any atom is 0.407 e. The summed E-state index contributed by atoms with van der Waals surface area (Å²) in [5.41, 5.74) is 2.91. The molecule has 0 spiro atoms. The lowest BCUT2D eigenvalue weighted by Crippen LogP contribution is -2.33. The van der Waals surface area contributed by atoms with Gasteiger partial charge in [-0.15, -0.1) is 11.3 Å². The van der Waals surface area contributed by atoms with Gasteiger partial charge in [0.15, 0.2) is 0 Å². The van der Waals surface area contributed by atoms with Crippen molar-refractivity contribution in [2.75, 3.05) is 13.7 Å². The Balaban J connectivity index is 1.74. The summed E-state index contributed by atoms with van der Waals surface area (Å²) < 4.78 is 4.81. The maximum atomic E-state index is 11.9. The Hall–Kier alpha value is -2.87.